The highest BCUT2D eigenvalue weighted by Gasteiger charge is 2.70. The van der Waals surface area contributed by atoms with Crippen LogP contribution in [0.2, 0.25) is 0 Å². The van der Waals surface area contributed by atoms with E-state index in [1.54, 1.807) is 18.4 Å². The molecule has 0 aromatic rings. The molecule has 0 saturated heterocycles. The van der Waals surface area contributed by atoms with Crippen LogP contribution in [0.3, 0.4) is 0 Å². The van der Waals surface area contributed by atoms with E-state index in [1.807, 2.05) is 19.9 Å². The van der Waals surface area contributed by atoms with Gasteiger partial charge < -0.3 is 14.6 Å². The van der Waals surface area contributed by atoms with Crippen molar-refractivity contribution in [2.75, 3.05) is 18.6 Å². The van der Waals surface area contributed by atoms with Gasteiger partial charge in [0.25, 0.3) is 0 Å². The van der Waals surface area contributed by atoms with Gasteiger partial charge in [-0.1, -0.05) is 39.3 Å². The Kier molecular flexibility index (Phi) is 7.84. The zero-order valence-electron chi connectivity index (χ0n) is 22.6. The monoisotopic (exact) mass is 532 g/mol. The average Bonchev–Trinajstić information content (AvgIpc) is 3.11. The van der Waals surface area contributed by atoms with Gasteiger partial charge in [-0.05, 0) is 68.3 Å². The van der Waals surface area contributed by atoms with Gasteiger partial charge in [0.05, 0.1) is 11.9 Å². The molecule has 0 aliphatic heterocycles. The number of allylic oxidation sites excluding steroid dienone is 4. The SMILES string of the molecule is CCCC(=O)O[C@]1(C(=O)COC(=O)CSC)CC[C@H]2[C@@H]3CC(C)C4=CC(=O)C=C[C@]4(C)[C@H]3C(O)C[C@@]21C. The molecule has 0 bridgehead atoms. The molecular formula is C29H40O7S. The van der Waals surface area contributed by atoms with Gasteiger partial charge in [0.1, 0.15) is 0 Å². The number of aliphatic hydroxyl groups excluding tert-OH is 1. The van der Waals surface area contributed by atoms with Crippen molar-refractivity contribution in [3.05, 3.63) is 23.8 Å². The lowest BCUT2D eigenvalue weighted by Gasteiger charge is -2.61. The van der Waals surface area contributed by atoms with E-state index in [-0.39, 0.29) is 41.6 Å². The van der Waals surface area contributed by atoms with Gasteiger partial charge in [-0.2, -0.15) is 11.8 Å². The summed E-state index contributed by atoms with van der Waals surface area (Å²) >= 11 is 1.31. The normalized spacial score (nSPS) is 40.2. The summed E-state index contributed by atoms with van der Waals surface area (Å²) in [7, 11) is 0. The Morgan fingerprint density at radius 1 is 1.22 bits per heavy atom. The number of Topliss-reactive ketones (excluding diaryl/α,β-unsaturated/α-hetero) is 1. The van der Waals surface area contributed by atoms with Crippen molar-refractivity contribution in [3.8, 4) is 0 Å². The van der Waals surface area contributed by atoms with Crippen LogP contribution in [0.5, 0.6) is 0 Å². The number of ketones is 2. The first kappa shape index (κ1) is 28.1. The molecule has 8 heteroatoms. The van der Waals surface area contributed by atoms with Gasteiger partial charge in [0, 0.05) is 23.2 Å². The third-order valence-corrected chi connectivity index (χ3v) is 10.3. The molecule has 0 spiro atoms. The summed E-state index contributed by atoms with van der Waals surface area (Å²) in [5, 5.41) is 11.7. The van der Waals surface area contributed by atoms with Crippen LogP contribution < -0.4 is 0 Å². The average molecular weight is 533 g/mol. The van der Waals surface area contributed by atoms with Crippen LogP contribution in [0.1, 0.15) is 66.2 Å². The molecule has 3 fully saturated rings. The van der Waals surface area contributed by atoms with Crippen LogP contribution in [-0.4, -0.2) is 58.9 Å². The van der Waals surface area contributed by atoms with Gasteiger partial charge in [0.15, 0.2) is 18.0 Å². The van der Waals surface area contributed by atoms with Crippen LogP contribution in [0.25, 0.3) is 0 Å². The molecule has 3 saturated carbocycles. The van der Waals surface area contributed by atoms with Crippen molar-refractivity contribution in [1.82, 2.24) is 0 Å². The Morgan fingerprint density at radius 2 is 1.95 bits per heavy atom. The van der Waals surface area contributed by atoms with E-state index in [0.29, 0.717) is 25.7 Å². The number of fused-ring (bicyclic) bond motifs is 5. The van der Waals surface area contributed by atoms with E-state index in [2.05, 4.69) is 13.8 Å². The lowest BCUT2D eigenvalue weighted by Crippen LogP contribution is -2.63. The number of aliphatic hydroxyl groups is 1. The van der Waals surface area contributed by atoms with Crippen LogP contribution in [0.4, 0.5) is 0 Å². The van der Waals surface area contributed by atoms with Crippen molar-refractivity contribution in [2.24, 2.45) is 34.5 Å². The highest BCUT2D eigenvalue weighted by atomic mass is 32.2. The highest BCUT2D eigenvalue weighted by Crippen LogP contribution is 2.68. The van der Waals surface area contributed by atoms with Gasteiger partial charge in [-0.15, -0.1) is 0 Å². The number of rotatable bonds is 8. The summed E-state index contributed by atoms with van der Waals surface area (Å²) in [6.45, 7) is 7.65. The fraction of sp³-hybridized carbons (Fsp3) is 0.724. The summed E-state index contributed by atoms with van der Waals surface area (Å²) < 4.78 is 11.4. The Bertz CT molecular complexity index is 1030. The molecule has 37 heavy (non-hydrogen) atoms. The third-order valence-electron chi connectivity index (χ3n) is 9.76. The predicted octanol–water partition coefficient (Wildman–Crippen LogP) is 4.07. The van der Waals surface area contributed by atoms with Crippen LogP contribution >= 0.6 is 11.8 Å². The summed E-state index contributed by atoms with van der Waals surface area (Å²) in [4.78, 5) is 50.9. The zero-order chi connectivity index (χ0) is 27.2. The number of hydrogen-bond acceptors (Lipinski definition) is 8. The Labute approximate surface area is 223 Å². The number of carbonyl (C=O) groups excluding carboxylic acids is 4. The molecule has 1 N–H and O–H groups in total. The quantitative estimate of drug-likeness (QED) is 0.466. The molecule has 8 atom stereocenters. The molecule has 0 heterocycles. The Morgan fingerprint density at radius 3 is 2.62 bits per heavy atom. The summed E-state index contributed by atoms with van der Waals surface area (Å²) in [5.41, 5.74) is -1.63. The highest BCUT2D eigenvalue weighted by molar-refractivity contribution is 7.99. The predicted molar refractivity (Wildman–Crippen MR) is 141 cm³/mol. The van der Waals surface area contributed by atoms with E-state index < -0.39 is 46.9 Å². The molecular weight excluding hydrogens is 492 g/mol. The Hall–Kier alpha value is -1.93. The van der Waals surface area contributed by atoms with Crippen LogP contribution in [0.15, 0.2) is 23.8 Å². The number of carbonyl (C=O) groups is 4. The molecule has 0 aromatic heterocycles. The molecule has 4 aliphatic carbocycles. The van der Waals surface area contributed by atoms with Crippen molar-refractivity contribution in [2.45, 2.75) is 77.9 Å². The first-order valence-corrected chi connectivity index (χ1v) is 14.9. The maximum atomic E-state index is 13.8. The topological polar surface area (TPSA) is 107 Å². The Balaban J connectivity index is 1.71. The van der Waals surface area contributed by atoms with E-state index in [4.69, 9.17) is 9.47 Å². The van der Waals surface area contributed by atoms with Gasteiger partial charge >= 0.3 is 11.9 Å². The van der Waals surface area contributed by atoms with Crippen molar-refractivity contribution >= 4 is 35.3 Å². The fourth-order valence-corrected chi connectivity index (χ4v) is 8.61. The minimum Gasteiger partial charge on any atom is -0.457 e. The van der Waals surface area contributed by atoms with Crippen molar-refractivity contribution in [1.29, 1.82) is 0 Å². The van der Waals surface area contributed by atoms with Crippen LogP contribution in [-0.2, 0) is 28.7 Å². The number of ether oxygens (including phenoxy) is 2. The second-order valence-electron chi connectivity index (χ2n) is 11.8. The summed E-state index contributed by atoms with van der Waals surface area (Å²) in [6.07, 6.45) is 9.23. The molecule has 0 radical (unpaired) electrons. The zero-order valence-corrected chi connectivity index (χ0v) is 23.4. The van der Waals surface area contributed by atoms with Crippen molar-refractivity contribution < 1.29 is 33.8 Å². The number of esters is 2. The maximum Gasteiger partial charge on any atom is 0.316 e. The maximum absolute atomic E-state index is 13.8. The molecule has 0 amide bonds. The lowest BCUT2D eigenvalue weighted by molar-refractivity contribution is -0.202. The third kappa shape index (κ3) is 4.52. The molecule has 4 rings (SSSR count). The van der Waals surface area contributed by atoms with E-state index in [1.165, 1.54) is 11.8 Å². The second-order valence-corrected chi connectivity index (χ2v) is 12.7. The second kappa shape index (κ2) is 10.3. The van der Waals surface area contributed by atoms with Gasteiger partial charge in [-0.3, -0.25) is 19.2 Å². The number of hydrogen-bond donors (Lipinski definition) is 1. The van der Waals surface area contributed by atoms with E-state index >= 15 is 0 Å². The lowest BCUT2D eigenvalue weighted by atomic mass is 9.44. The largest absolute Gasteiger partial charge is 0.457 e. The minimum absolute atomic E-state index is 0.0164. The van der Waals surface area contributed by atoms with Gasteiger partial charge in [-0.25, -0.2) is 0 Å². The molecule has 7 nitrogen and oxygen atoms in total. The fourth-order valence-electron chi connectivity index (χ4n) is 8.29. The molecule has 2 unspecified atom stereocenters. The molecule has 0 aromatic carbocycles. The molecule has 204 valence electrons. The van der Waals surface area contributed by atoms with E-state index in [9.17, 15) is 24.3 Å². The summed E-state index contributed by atoms with van der Waals surface area (Å²) in [6, 6.07) is 0. The first-order chi connectivity index (χ1) is 17.4. The summed E-state index contributed by atoms with van der Waals surface area (Å²) in [5.74, 6) is -1.03. The van der Waals surface area contributed by atoms with Gasteiger partial charge in [0.2, 0.25) is 5.78 Å². The van der Waals surface area contributed by atoms with E-state index in [0.717, 1.165) is 12.0 Å². The minimum atomic E-state index is -1.45. The van der Waals surface area contributed by atoms with Crippen LogP contribution in [0, 0.1) is 34.5 Å². The van der Waals surface area contributed by atoms with Crippen molar-refractivity contribution in [3.63, 3.8) is 0 Å². The number of thioether (sulfide) groups is 1. The smallest absolute Gasteiger partial charge is 0.316 e. The first-order valence-electron chi connectivity index (χ1n) is 13.5. The standard InChI is InChI=1S/C29H40O7S/c1-6-7-24(33)36-29(23(32)15-35-25(34)16-37-5)11-9-20-19-12-17(2)21-13-18(30)8-10-27(21,3)26(19)22(31)14-28(20,29)4/h8,10,13,17,19-20,22,26,31H,6-7,9,11-12,14-16H2,1-5H3/t17?,19-,20-,22?,26+,27-,28-,29-/m0/s1. The molecule has 4 aliphatic rings.